The van der Waals surface area contributed by atoms with Crippen molar-refractivity contribution in [2.45, 2.75) is 12.6 Å². The van der Waals surface area contributed by atoms with Crippen LogP contribution in [-0.2, 0) is 12.6 Å². The Bertz CT molecular complexity index is 641. The molecule has 2 amide bonds. The first-order chi connectivity index (χ1) is 10.4. The summed E-state index contributed by atoms with van der Waals surface area (Å²) in [6.45, 7) is 0.299. The Balaban J connectivity index is 1.94. The van der Waals surface area contributed by atoms with E-state index in [2.05, 4.69) is 10.6 Å². The number of nitrogens with one attached hydrogen (secondary N) is 2. The van der Waals surface area contributed by atoms with Crippen LogP contribution in [0.1, 0.15) is 10.4 Å². The number of urea groups is 1. The maximum atomic E-state index is 13.7. The fourth-order valence-corrected chi connectivity index (χ4v) is 2.48. The lowest BCUT2D eigenvalue weighted by Gasteiger charge is -2.12. The predicted octanol–water partition coefficient (Wildman–Crippen LogP) is 4.27. The highest BCUT2D eigenvalue weighted by Gasteiger charge is 2.35. The summed E-state index contributed by atoms with van der Waals surface area (Å²) < 4.78 is 51.4. The second kappa shape index (κ2) is 6.78. The van der Waals surface area contributed by atoms with E-state index < -0.39 is 29.3 Å². The van der Waals surface area contributed by atoms with Crippen LogP contribution in [0.4, 0.5) is 28.0 Å². The Morgan fingerprint density at radius 2 is 1.95 bits per heavy atom. The number of rotatable bonds is 4. The molecule has 2 N–H and O–H groups in total. The summed E-state index contributed by atoms with van der Waals surface area (Å²) in [6.07, 6.45) is -4.21. The summed E-state index contributed by atoms with van der Waals surface area (Å²) in [5.41, 5.74) is -1.92. The van der Waals surface area contributed by atoms with E-state index in [0.29, 0.717) is 19.0 Å². The third kappa shape index (κ3) is 4.20. The fourth-order valence-electron chi connectivity index (χ4n) is 1.77. The molecule has 118 valence electrons. The SMILES string of the molecule is O=C(NCCc1cccs1)Nc1cccc(C(F)(F)F)c1F. The first-order valence-electron chi connectivity index (χ1n) is 6.31. The molecule has 0 radical (unpaired) electrons. The van der Waals surface area contributed by atoms with Crippen molar-refractivity contribution in [3.63, 3.8) is 0 Å². The Labute approximate surface area is 128 Å². The molecule has 2 aromatic rings. The van der Waals surface area contributed by atoms with Crippen molar-refractivity contribution in [3.05, 3.63) is 52.0 Å². The quantitative estimate of drug-likeness (QED) is 0.807. The van der Waals surface area contributed by atoms with E-state index in [1.807, 2.05) is 17.5 Å². The Hall–Kier alpha value is -2.09. The van der Waals surface area contributed by atoms with Gasteiger partial charge in [0.15, 0.2) is 5.82 Å². The number of carbonyl (C=O) groups is 1. The second-order valence-corrected chi connectivity index (χ2v) is 5.41. The van der Waals surface area contributed by atoms with Crippen LogP contribution in [0.25, 0.3) is 0 Å². The van der Waals surface area contributed by atoms with E-state index >= 15 is 0 Å². The first kappa shape index (κ1) is 16.3. The summed E-state index contributed by atoms with van der Waals surface area (Å²) in [6, 6.07) is 5.75. The summed E-state index contributed by atoms with van der Waals surface area (Å²) in [7, 11) is 0. The molecule has 3 nitrogen and oxygen atoms in total. The predicted molar refractivity (Wildman–Crippen MR) is 76.4 cm³/mol. The number of thiophene rings is 1. The van der Waals surface area contributed by atoms with E-state index in [1.165, 1.54) is 11.3 Å². The second-order valence-electron chi connectivity index (χ2n) is 4.38. The van der Waals surface area contributed by atoms with Crippen LogP contribution < -0.4 is 10.6 Å². The number of hydrogen-bond donors (Lipinski definition) is 2. The minimum absolute atomic E-state index is 0.299. The molecule has 0 spiro atoms. The summed E-state index contributed by atoms with van der Waals surface area (Å²) >= 11 is 1.53. The lowest BCUT2D eigenvalue weighted by atomic mass is 10.2. The number of benzene rings is 1. The van der Waals surface area contributed by atoms with Crippen molar-refractivity contribution in [2.24, 2.45) is 0 Å². The van der Waals surface area contributed by atoms with Gasteiger partial charge in [-0.05, 0) is 30.0 Å². The van der Waals surface area contributed by atoms with Gasteiger partial charge in [-0.15, -0.1) is 11.3 Å². The van der Waals surface area contributed by atoms with E-state index in [-0.39, 0.29) is 0 Å². The molecular weight excluding hydrogens is 320 g/mol. The number of alkyl halides is 3. The van der Waals surface area contributed by atoms with Crippen LogP contribution in [0.5, 0.6) is 0 Å². The van der Waals surface area contributed by atoms with Crippen molar-refractivity contribution in [1.29, 1.82) is 0 Å². The van der Waals surface area contributed by atoms with Gasteiger partial charge in [-0.25, -0.2) is 9.18 Å². The maximum Gasteiger partial charge on any atom is 0.419 e. The van der Waals surface area contributed by atoms with Gasteiger partial charge >= 0.3 is 12.2 Å². The lowest BCUT2D eigenvalue weighted by molar-refractivity contribution is -0.139. The molecule has 0 atom stereocenters. The highest BCUT2D eigenvalue weighted by atomic mass is 32.1. The molecule has 1 aromatic heterocycles. The van der Waals surface area contributed by atoms with Crippen molar-refractivity contribution in [2.75, 3.05) is 11.9 Å². The zero-order valence-electron chi connectivity index (χ0n) is 11.2. The molecule has 0 unspecified atom stereocenters. The molecular formula is C14H12F4N2OS. The average Bonchev–Trinajstić information content (AvgIpc) is 2.93. The molecule has 0 bridgehead atoms. The summed E-state index contributed by atoms with van der Waals surface area (Å²) in [4.78, 5) is 12.6. The van der Waals surface area contributed by atoms with E-state index in [9.17, 15) is 22.4 Å². The van der Waals surface area contributed by atoms with Crippen LogP contribution in [0.3, 0.4) is 0 Å². The minimum atomic E-state index is -4.81. The highest BCUT2D eigenvalue weighted by Crippen LogP contribution is 2.33. The molecule has 0 saturated carbocycles. The minimum Gasteiger partial charge on any atom is -0.338 e. The van der Waals surface area contributed by atoms with Gasteiger partial charge in [0.25, 0.3) is 0 Å². The number of anilines is 1. The van der Waals surface area contributed by atoms with Gasteiger partial charge in [0.2, 0.25) is 0 Å². The van der Waals surface area contributed by atoms with Gasteiger partial charge in [0.1, 0.15) is 0 Å². The molecule has 1 heterocycles. The third-order valence-corrected chi connectivity index (χ3v) is 3.73. The van der Waals surface area contributed by atoms with Gasteiger partial charge in [-0.2, -0.15) is 13.2 Å². The topological polar surface area (TPSA) is 41.1 Å². The van der Waals surface area contributed by atoms with E-state index in [4.69, 9.17) is 0 Å². The smallest absolute Gasteiger partial charge is 0.338 e. The number of halogens is 4. The van der Waals surface area contributed by atoms with Crippen LogP contribution >= 0.6 is 11.3 Å². The first-order valence-corrected chi connectivity index (χ1v) is 7.19. The molecule has 1 aromatic carbocycles. The van der Waals surface area contributed by atoms with Crippen molar-refractivity contribution >= 4 is 23.1 Å². The number of amides is 2. The van der Waals surface area contributed by atoms with E-state index in [1.54, 1.807) is 0 Å². The molecule has 0 aliphatic heterocycles. The van der Waals surface area contributed by atoms with Gasteiger partial charge in [-0.1, -0.05) is 12.1 Å². The number of hydrogen-bond acceptors (Lipinski definition) is 2. The van der Waals surface area contributed by atoms with Crippen molar-refractivity contribution in [3.8, 4) is 0 Å². The maximum absolute atomic E-state index is 13.7. The molecule has 0 aliphatic carbocycles. The van der Waals surface area contributed by atoms with Crippen LogP contribution in [-0.4, -0.2) is 12.6 Å². The van der Waals surface area contributed by atoms with Crippen LogP contribution in [0.15, 0.2) is 35.7 Å². The molecule has 0 saturated heterocycles. The fraction of sp³-hybridized carbons (Fsp3) is 0.214. The molecule has 22 heavy (non-hydrogen) atoms. The monoisotopic (exact) mass is 332 g/mol. The molecule has 8 heteroatoms. The Kier molecular flexibility index (Phi) is 5.02. The lowest BCUT2D eigenvalue weighted by Crippen LogP contribution is -2.30. The zero-order valence-corrected chi connectivity index (χ0v) is 12.0. The van der Waals surface area contributed by atoms with Gasteiger partial charge in [0.05, 0.1) is 11.3 Å². The molecule has 2 rings (SSSR count). The zero-order chi connectivity index (χ0) is 16.2. The normalized spacial score (nSPS) is 11.3. The van der Waals surface area contributed by atoms with Crippen molar-refractivity contribution < 1.29 is 22.4 Å². The summed E-state index contributed by atoms with van der Waals surface area (Å²) in [5.74, 6) is -1.50. The van der Waals surface area contributed by atoms with Gasteiger partial charge < -0.3 is 10.6 Å². The van der Waals surface area contributed by atoms with Crippen LogP contribution in [0.2, 0.25) is 0 Å². The third-order valence-electron chi connectivity index (χ3n) is 2.79. The highest BCUT2D eigenvalue weighted by molar-refractivity contribution is 7.09. The van der Waals surface area contributed by atoms with Crippen molar-refractivity contribution in [1.82, 2.24) is 5.32 Å². The number of carbonyl (C=O) groups excluding carboxylic acids is 1. The van der Waals surface area contributed by atoms with Crippen LogP contribution in [0, 0.1) is 5.82 Å². The molecule has 0 aliphatic rings. The standard InChI is InChI=1S/C14H12F4N2OS/c15-12-10(14(16,17)18)4-1-5-11(12)20-13(21)19-7-6-9-3-2-8-22-9/h1-5,8H,6-7H2,(H2,19,20,21). The van der Waals surface area contributed by atoms with Gasteiger partial charge in [0, 0.05) is 11.4 Å². The van der Waals surface area contributed by atoms with Gasteiger partial charge in [-0.3, -0.25) is 0 Å². The largest absolute Gasteiger partial charge is 0.419 e. The summed E-state index contributed by atoms with van der Waals surface area (Å²) in [5, 5.41) is 6.44. The van der Waals surface area contributed by atoms with E-state index in [0.717, 1.165) is 17.0 Å². The Morgan fingerprint density at radius 1 is 1.18 bits per heavy atom. The average molecular weight is 332 g/mol. The molecule has 0 fully saturated rings. The Morgan fingerprint density at radius 3 is 2.59 bits per heavy atom.